The molecule has 0 aromatic heterocycles. The second kappa shape index (κ2) is 14.4. The molecule has 4 heterocycles. The molecule has 2 aromatic carbocycles. The first-order chi connectivity index (χ1) is 21.9. The number of nitrogens with one attached hydrogen (secondary N) is 2. The van der Waals surface area contributed by atoms with Crippen LogP contribution in [0.3, 0.4) is 0 Å². The fraction of sp³-hybridized carbons (Fsp3) is 0.559. The van der Waals surface area contributed by atoms with E-state index in [0.717, 1.165) is 67.8 Å². The molecule has 2 aromatic rings. The van der Waals surface area contributed by atoms with E-state index in [2.05, 4.69) is 15.5 Å². The van der Waals surface area contributed by atoms with E-state index in [0.29, 0.717) is 56.6 Å². The van der Waals surface area contributed by atoms with Gasteiger partial charge in [-0.2, -0.15) is 0 Å². The van der Waals surface area contributed by atoms with Gasteiger partial charge in [-0.1, -0.05) is 41.9 Å². The van der Waals surface area contributed by atoms with E-state index in [4.69, 9.17) is 16.3 Å². The quantitative estimate of drug-likeness (QED) is 0.487. The second-order valence-corrected chi connectivity index (χ2v) is 13.2. The Morgan fingerprint density at radius 2 is 1.67 bits per heavy atom. The number of carbonyl (C=O) groups is 3. The first-order valence-corrected chi connectivity index (χ1v) is 16.8. The summed E-state index contributed by atoms with van der Waals surface area (Å²) in [7, 11) is 0. The third kappa shape index (κ3) is 7.56. The minimum Gasteiger partial charge on any atom is -0.436 e. The highest BCUT2D eigenvalue weighted by atomic mass is 35.5. The molecule has 0 unspecified atom stereocenters. The number of para-hydroxylation sites is 1. The van der Waals surface area contributed by atoms with Crippen LogP contribution in [-0.2, 0) is 22.4 Å². The van der Waals surface area contributed by atoms with Gasteiger partial charge in [-0.25, -0.2) is 9.59 Å². The number of halogens is 1. The number of nitrogens with zero attached hydrogens (tertiary/aromatic N) is 4. The molecule has 0 radical (unpaired) electrons. The van der Waals surface area contributed by atoms with Gasteiger partial charge in [0, 0.05) is 76.5 Å². The Morgan fingerprint density at radius 3 is 2.40 bits per heavy atom. The van der Waals surface area contributed by atoms with Gasteiger partial charge < -0.3 is 30.1 Å². The van der Waals surface area contributed by atoms with Crippen molar-refractivity contribution in [2.75, 3.05) is 64.2 Å². The van der Waals surface area contributed by atoms with Crippen molar-refractivity contribution in [2.45, 2.75) is 63.6 Å². The molecule has 4 aliphatic heterocycles. The molecule has 4 amide bonds. The molecule has 4 aliphatic rings. The number of urea groups is 1. The van der Waals surface area contributed by atoms with E-state index in [-0.39, 0.29) is 25.8 Å². The van der Waals surface area contributed by atoms with Gasteiger partial charge in [0.05, 0.1) is 0 Å². The van der Waals surface area contributed by atoms with Crippen LogP contribution >= 0.6 is 11.6 Å². The van der Waals surface area contributed by atoms with Crippen LogP contribution in [-0.4, -0.2) is 115 Å². The summed E-state index contributed by atoms with van der Waals surface area (Å²) in [6.45, 7) is 8.49. The lowest BCUT2D eigenvalue weighted by Crippen LogP contribution is -2.56. The van der Waals surface area contributed by atoms with Gasteiger partial charge >= 0.3 is 12.1 Å². The van der Waals surface area contributed by atoms with E-state index in [1.165, 1.54) is 0 Å². The number of benzene rings is 2. The SMILES string of the molecule is Cc1ccc(C[C@@H](OC(=O)N2CCC(N3CCc4ccccc4NC3=O)CC2)C(=O)N2CCN(C3CCNCC3)CC2)cc1Cl.[HH]. The topological polar surface area (TPSA) is 97.5 Å². The maximum Gasteiger partial charge on any atom is 0.410 e. The Balaban J connectivity index is 0.00000417. The first kappa shape index (κ1) is 31.6. The average molecular weight is 639 g/mol. The zero-order valence-electron chi connectivity index (χ0n) is 26.2. The van der Waals surface area contributed by atoms with Crippen molar-refractivity contribution in [1.29, 1.82) is 0 Å². The molecule has 0 bridgehead atoms. The molecule has 6 rings (SSSR count). The van der Waals surface area contributed by atoms with Crippen LogP contribution in [0.1, 0.15) is 43.8 Å². The standard InChI is InChI=1S/C34H45ClN6O4.H2/c1-24-6-7-25(22-29(24)35)23-31(32(42)39-20-18-38(19-21-39)27-8-13-36-14-9-27)45-34(44)40-15-11-28(12-16-40)41-17-10-26-4-2-3-5-30(26)37-33(41)43;/h2-7,22,27-28,31,36H,8-21,23H2,1H3,(H,37,43);1H/t31-;/m1./s1. The summed E-state index contributed by atoms with van der Waals surface area (Å²) in [6.07, 6.45) is 3.22. The lowest BCUT2D eigenvalue weighted by molar-refractivity contribution is -0.143. The number of hydrogen-bond donors (Lipinski definition) is 2. The first-order valence-electron chi connectivity index (χ1n) is 16.5. The van der Waals surface area contributed by atoms with E-state index in [1.807, 2.05) is 59.2 Å². The monoisotopic (exact) mass is 638 g/mol. The highest BCUT2D eigenvalue weighted by Crippen LogP contribution is 2.26. The number of carbonyl (C=O) groups excluding carboxylic acids is 3. The number of anilines is 1. The highest BCUT2D eigenvalue weighted by molar-refractivity contribution is 6.31. The Labute approximate surface area is 272 Å². The predicted octanol–water partition coefficient (Wildman–Crippen LogP) is 4.39. The molecule has 11 heteroatoms. The minimum absolute atomic E-state index is 0. The number of amides is 4. The van der Waals surface area contributed by atoms with E-state index in [9.17, 15) is 14.4 Å². The third-order valence-corrected chi connectivity index (χ3v) is 10.3. The van der Waals surface area contributed by atoms with Crippen LogP contribution in [0.15, 0.2) is 42.5 Å². The highest BCUT2D eigenvalue weighted by Gasteiger charge is 2.36. The maximum absolute atomic E-state index is 13.9. The van der Waals surface area contributed by atoms with Gasteiger partial charge in [-0.15, -0.1) is 0 Å². The van der Waals surface area contributed by atoms with Crippen molar-refractivity contribution in [1.82, 2.24) is 24.9 Å². The minimum atomic E-state index is -0.936. The van der Waals surface area contributed by atoms with Crippen LogP contribution < -0.4 is 10.6 Å². The maximum atomic E-state index is 13.9. The number of hydrogen-bond acceptors (Lipinski definition) is 6. The van der Waals surface area contributed by atoms with Crippen molar-refractivity contribution < 1.29 is 20.5 Å². The molecule has 0 spiro atoms. The van der Waals surface area contributed by atoms with E-state index >= 15 is 0 Å². The van der Waals surface area contributed by atoms with Crippen molar-refractivity contribution in [3.05, 3.63) is 64.2 Å². The number of piperazine rings is 1. The van der Waals surface area contributed by atoms with Crippen molar-refractivity contribution in [3.63, 3.8) is 0 Å². The predicted molar refractivity (Wildman–Crippen MR) is 177 cm³/mol. The van der Waals surface area contributed by atoms with Gasteiger partial charge in [0.15, 0.2) is 6.10 Å². The fourth-order valence-electron chi connectivity index (χ4n) is 7.13. The van der Waals surface area contributed by atoms with Gasteiger partial charge in [0.1, 0.15) is 0 Å². The largest absolute Gasteiger partial charge is 0.436 e. The smallest absolute Gasteiger partial charge is 0.410 e. The van der Waals surface area contributed by atoms with Crippen LogP contribution in [0.5, 0.6) is 0 Å². The number of fused-ring (bicyclic) bond motifs is 1. The average Bonchev–Trinajstić information content (AvgIpc) is 3.24. The summed E-state index contributed by atoms with van der Waals surface area (Å²) in [4.78, 5) is 48.4. The number of aryl methyl sites for hydroxylation is 1. The molecule has 3 fully saturated rings. The molecule has 3 saturated heterocycles. The molecule has 1 atom stereocenters. The third-order valence-electron chi connectivity index (χ3n) is 9.93. The Hall–Kier alpha value is -3.34. The summed E-state index contributed by atoms with van der Waals surface area (Å²) >= 11 is 6.41. The van der Waals surface area contributed by atoms with Gasteiger partial charge in [0.2, 0.25) is 0 Å². The molecule has 0 saturated carbocycles. The molecule has 10 nitrogen and oxygen atoms in total. The lowest BCUT2D eigenvalue weighted by Gasteiger charge is -2.41. The molecular weight excluding hydrogens is 592 g/mol. The number of likely N-dealkylation sites (tertiary alicyclic amines) is 1. The Morgan fingerprint density at radius 1 is 0.933 bits per heavy atom. The lowest BCUT2D eigenvalue weighted by atomic mass is 10.0. The van der Waals surface area contributed by atoms with E-state index in [1.54, 1.807) is 4.90 Å². The summed E-state index contributed by atoms with van der Waals surface area (Å²) in [6, 6.07) is 14.1. The summed E-state index contributed by atoms with van der Waals surface area (Å²) in [5.74, 6) is -0.152. The number of rotatable bonds is 6. The van der Waals surface area contributed by atoms with Crippen molar-refractivity contribution >= 4 is 35.3 Å². The summed E-state index contributed by atoms with van der Waals surface area (Å²) in [5.41, 5.74) is 3.81. The van der Waals surface area contributed by atoms with Gasteiger partial charge in [-0.05, 0) is 80.9 Å². The zero-order valence-corrected chi connectivity index (χ0v) is 26.9. The molecule has 0 aliphatic carbocycles. The van der Waals surface area contributed by atoms with Crippen molar-refractivity contribution in [2.24, 2.45) is 0 Å². The van der Waals surface area contributed by atoms with Crippen LogP contribution in [0.4, 0.5) is 15.3 Å². The van der Waals surface area contributed by atoms with Crippen LogP contribution in [0.25, 0.3) is 0 Å². The fourth-order valence-corrected chi connectivity index (χ4v) is 7.34. The van der Waals surface area contributed by atoms with Crippen molar-refractivity contribution in [3.8, 4) is 0 Å². The number of ether oxygens (including phenoxy) is 1. The van der Waals surface area contributed by atoms with Crippen LogP contribution in [0.2, 0.25) is 5.02 Å². The molecule has 244 valence electrons. The normalized spacial score (nSPS) is 21.1. The summed E-state index contributed by atoms with van der Waals surface area (Å²) in [5, 5.41) is 7.10. The van der Waals surface area contributed by atoms with Gasteiger partial charge in [-0.3, -0.25) is 9.69 Å². The molecule has 45 heavy (non-hydrogen) atoms. The van der Waals surface area contributed by atoms with Crippen LogP contribution in [0, 0.1) is 6.92 Å². The van der Waals surface area contributed by atoms with E-state index < -0.39 is 12.2 Å². The molecular formula is C34H47ClN6O4. The number of piperidine rings is 2. The molecule has 2 N–H and O–H groups in total. The zero-order chi connectivity index (χ0) is 31.3. The van der Waals surface area contributed by atoms with Gasteiger partial charge in [0.25, 0.3) is 5.91 Å². The Kier molecular flexibility index (Phi) is 10.1. The Bertz CT molecular complexity index is 1380. The second-order valence-electron chi connectivity index (χ2n) is 12.8. The summed E-state index contributed by atoms with van der Waals surface area (Å²) < 4.78 is 6.02.